The van der Waals surface area contributed by atoms with Crippen molar-refractivity contribution in [3.05, 3.63) is 58.7 Å². The van der Waals surface area contributed by atoms with Crippen LogP contribution >= 0.6 is 11.8 Å². The molecule has 0 radical (unpaired) electrons. The second-order valence-corrected chi connectivity index (χ2v) is 9.77. The van der Waals surface area contributed by atoms with Gasteiger partial charge < -0.3 is 14.2 Å². The minimum absolute atomic E-state index is 0.0211. The first kappa shape index (κ1) is 26.5. The van der Waals surface area contributed by atoms with Crippen LogP contribution in [0.25, 0.3) is 6.08 Å². The lowest BCUT2D eigenvalue weighted by molar-refractivity contribution is -0.114. The number of carbonyl (C=O) groups excluding carboxylic acids is 1. The number of amidine groups is 2. The Morgan fingerprint density at radius 1 is 1.08 bits per heavy atom. The van der Waals surface area contributed by atoms with E-state index >= 15 is 0 Å². The molecule has 37 heavy (non-hydrogen) atoms. The normalized spacial score (nSPS) is 16.0. The molecule has 2 aromatic carbocycles. The summed E-state index contributed by atoms with van der Waals surface area (Å²) in [6.07, 6.45) is 5.45. The molecule has 0 aromatic heterocycles. The number of carbonyl (C=O) groups is 1. The largest absolute Gasteiger partial charge is 0.493 e. The van der Waals surface area contributed by atoms with Gasteiger partial charge in [-0.1, -0.05) is 32.4 Å². The van der Waals surface area contributed by atoms with Gasteiger partial charge in [0.05, 0.1) is 12.7 Å². The molecule has 0 saturated heterocycles. The monoisotopic (exact) mass is 520 g/mol. The van der Waals surface area contributed by atoms with Crippen LogP contribution in [0.5, 0.6) is 17.2 Å². The first-order valence-corrected chi connectivity index (χ1v) is 13.3. The smallest absolute Gasteiger partial charge is 0.283 e. The summed E-state index contributed by atoms with van der Waals surface area (Å²) in [5, 5.41) is 15.8. The van der Waals surface area contributed by atoms with Gasteiger partial charge in [0.2, 0.25) is 5.17 Å². The number of thioether (sulfide) groups is 1. The Morgan fingerprint density at radius 3 is 2.65 bits per heavy atom. The van der Waals surface area contributed by atoms with E-state index in [2.05, 4.69) is 36.9 Å². The summed E-state index contributed by atoms with van der Waals surface area (Å²) in [6.45, 7) is 7.03. The Balaban J connectivity index is 1.41. The number of fused-ring (bicyclic) bond motifs is 1. The Morgan fingerprint density at radius 2 is 1.89 bits per heavy atom. The number of rotatable bonds is 11. The average molecular weight is 521 g/mol. The van der Waals surface area contributed by atoms with Crippen molar-refractivity contribution in [3.8, 4) is 17.2 Å². The number of aliphatic imine (C=N–C) groups is 1. The second kappa shape index (κ2) is 12.1. The van der Waals surface area contributed by atoms with Crippen LogP contribution in [0.2, 0.25) is 0 Å². The van der Waals surface area contributed by atoms with Crippen molar-refractivity contribution in [3.63, 3.8) is 0 Å². The van der Waals surface area contributed by atoms with Gasteiger partial charge in [0.1, 0.15) is 24.0 Å². The highest BCUT2D eigenvalue weighted by atomic mass is 32.2. The van der Waals surface area contributed by atoms with Gasteiger partial charge in [0.15, 0.2) is 17.3 Å². The number of amides is 1. The van der Waals surface area contributed by atoms with E-state index in [0.717, 1.165) is 36.5 Å². The topological polar surface area (TPSA) is 96.6 Å². The van der Waals surface area contributed by atoms with Crippen LogP contribution in [0.15, 0.2) is 52.1 Å². The summed E-state index contributed by atoms with van der Waals surface area (Å²) in [5.41, 5.74) is 3.28. The van der Waals surface area contributed by atoms with Gasteiger partial charge >= 0.3 is 0 Å². The van der Waals surface area contributed by atoms with Gasteiger partial charge in [-0.15, -0.1) is 0 Å². The van der Waals surface area contributed by atoms with Crippen molar-refractivity contribution >= 4 is 39.8 Å². The summed E-state index contributed by atoms with van der Waals surface area (Å²) in [7, 11) is 1.56. The first-order valence-electron chi connectivity index (χ1n) is 12.4. The maximum atomic E-state index is 12.7. The maximum Gasteiger partial charge on any atom is 0.283 e. The quantitative estimate of drug-likeness (QED) is 0.296. The highest BCUT2D eigenvalue weighted by Gasteiger charge is 2.35. The van der Waals surface area contributed by atoms with E-state index in [1.54, 1.807) is 25.3 Å². The lowest BCUT2D eigenvalue weighted by Crippen LogP contribution is -2.35. The number of hydrogen-bond acceptors (Lipinski definition) is 7. The minimum Gasteiger partial charge on any atom is -0.493 e. The van der Waals surface area contributed by atoms with Crippen LogP contribution in [-0.4, -0.2) is 47.3 Å². The van der Waals surface area contributed by atoms with Gasteiger partial charge in [-0.2, -0.15) is 15.1 Å². The van der Waals surface area contributed by atoms with Crippen LogP contribution in [0.1, 0.15) is 49.8 Å². The molecule has 9 heteroatoms. The highest BCUT2D eigenvalue weighted by molar-refractivity contribution is 8.26. The fourth-order valence-electron chi connectivity index (χ4n) is 3.94. The number of ether oxygens (including phenoxy) is 3. The number of aryl methyl sites for hydroxylation is 2. The minimum atomic E-state index is -0.450. The van der Waals surface area contributed by atoms with Crippen molar-refractivity contribution in [1.82, 2.24) is 5.01 Å². The van der Waals surface area contributed by atoms with Crippen LogP contribution < -0.4 is 14.2 Å². The standard InChI is InChI=1S/C28H32N4O4S/c1-5-7-8-25-31-32-26(29)22(27(33)30-28(32)37-25)16-20-9-10-23(24(17-20)34-4)36-12-11-35-21-14-18(3)13-19(6-2)15-21/h9-10,13-17,29H,5-8,11-12H2,1-4H3. The molecule has 0 unspecified atom stereocenters. The van der Waals surface area contributed by atoms with Gasteiger partial charge in [0, 0.05) is 0 Å². The third kappa shape index (κ3) is 6.40. The van der Waals surface area contributed by atoms with Gasteiger partial charge in [-0.3, -0.25) is 10.2 Å². The van der Waals surface area contributed by atoms with E-state index in [9.17, 15) is 4.79 Å². The molecule has 0 saturated carbocycles. The molecule has 1 N–H and O–H groups in total. The lowest BCUT2D eigenvalue weighted by atomic mass is 10.1. The third-order valence-electron chi connectivity index (χ3n) is 5.87. The van der Waals surface area contributed by atoms with E-state index in [4.69, 9.17) is 19.6 Å². The number of nitrogens with one attached hydrogen (secondary N) is 1. The summed E-state index contributed by atoms with van der Waals surface area (Å²) < 4.78 is 17.3. The molecule has 8 nitrogen and oxygen atoms in total. The molecule has 0 spiro atoms. The molecule has 0 fully saturated rings. The van der Waals surface area contributed by atoms with E-state index in [0.29, 0.717) is 35.4 Å². The molecule has 0 atom stereocenters. The lowest BCUT2D eigenvalue weighted by Gasteiger charge is -2.20. The number of benzene rings is 2. The highest BCUT2D eigenvalue weighted by Crippen LogP contribution is 2.32. The van der Waals surface area contributed by atoms with Crippen molar-refractivity contribution in [1.29, 1.82) is 5.41 Å². The number of hydrogen-bond donors (Lipinski definition) is 1. The zero-order chi connectivity index (χ0) is 26.4. The molecule has 4 rings (SSSR count). The Bertz CT molecular complexity index is 1280. The maximum absolute atomic E-state index is 12.7. The molecule has 0 aliphatic carbocycles. The third-order valence-corrected chi connectivity index (χ3v) is 6.84. The molecular formula is C28H32N4O4S. The molecule has 1 amide bonds. The van der Waals surface area contributed by atoms with Crippen LogP contribution in [0.4, 0.5) is 0 Å². The molecular weight excluding hydrogens is 488 g/mol. The summed E-state index contributed by atoms with van der Waals surface area (Å²) >= 11 is 1.36. The zero-order valence-corrected chi connectivity index (χ0v) is 22.5. The van der Waals surface area contributed by atoms with Gasteiger partial charge in [-0.25, -0.2) is 0 Å². The second-order valence-electron chi connectivity index (χ2n) is 8.73. The Hall–Kier alpha value is -3.59. The van der Waals surface area contributed by atoms with E-state index < -0.39 is 5.91 Å². The fraction of sp³-hybridized carbons (Fsp3) is 0.357. The first-order chi connectivity index (χ1) is 17.9. The van der Waals surface area contributed by atoms with E-state index in [1.807, 2.05) is 18.2 Å². The molecule has 2 aliphatic heterocycles. The molecule has 194 valence electrons. The summed E-state index contributed by atoms with van der Waals surface area (Å²) in [6, 6.07) is 11.6. The predicted molar refractivity (Wildman–Crippen MR) is 149 cm³/mol. The summed E-state index contributed by atoms with van der Waals surface area (Å²) in [4.78, 5) is 16.8. The van der Waals surface area contributed by atoms with Crippen molar-refractivity contribution in [2.24, 2.45) is 10.1 Å². The van der Waals surface area contributed by atoms with Crippen LogP contribution in [0.3, 0.4) is 0 Å². The fourth-order valence-corrected chi connectivity index (χ4v) is 4.87. The molecule has 2 aliphatic rings. The van der Waals surface area contributed by atoms with Gasteiger partial charge in [-0.05, 0) is 85.0 Å². The predicted octanol–water partition coefficient (Wildman–Crippen LogP) is 5.83. The molecule has 2 aromatic rings. The number of nitrogens with zero attached hydrogens (tertiary/aromatic N) is 3. The van der Waals surface area contributed by atoms with Crippen molar-refractivity contribution in [2.45, 2.75) is 46.5 Å². The SMILES string of the molecule is CCCCC1=NN2C(=N)C(=Cc3ccc(OCCOc4cc(C)cc(CC)c4)c(OC)c3)C(=O)N=C2S1. The van der Waals surface area contributed by atoms with Gasteiger partial charge in [0.25, 0.3) is 5.91 Å². The Kier molecular flexibility index (Phi) is 8.66. The van der Waals surface area contributed by atoms with Crippen LogP contribution in [-0.2, 0) is 11.2 Å². The van der Waals surface area contributed by atoms with Crippen LogP contribution in [0, 0.1) is 12.3 Å². The average Bonchev–Trinajstić information content (AvgIpc) is 3.30. The summed E-state index contributed by atoms with van der Waals surface area (Å²) in [5.74, 6) is 1.49. The Labute approximate surface area is 221 Å². The van der Waals surface area contributed by atoms with E-state index in [-0.39, 0.29) is 11.4 Å². The number of unbranched alkanes of at least 4 members (excludes halogenated alkanes) is 1. The number of methoxy groups -OCH3 is 1. The van der Waals surface area contributed by atoms with E-state index in [1.165, 1.54) is 27.9 Å². The zero-order valence-electron chi connectivity index (χ0n) is 21.7. The van der Waals surface area contributed by atoms with Crippen molar-refractivity contribution in [2.75, 3.05) is 20.3 Å². The number of hydrazone groups is 1. The van der Waals surface area contributed by atoms with Crippen molar-refractivity contribution < 1.29 is 19.0 Å². The molecule has 2 heterocycles. The molecule has 0 bridgehead atoms.